The van der Waals surface area contributed by atoms with Gasteiger partial charge in [-0.25, -0.2) is 0 Å². The average molecular weight is 154 g/mol. The van der Waals surface area contributed by atoms with Crippen LogP contribution in [0.15, 0.2) is 10.3 Å². The van der Waals surface area contributed by atoms with Gasteiger partial charge in [0, 0.05) is 18.2 Å². The third kappa shape index (κ3) is 1.49. The van der Waals surface area contributed by atoms with Crippen LogP contribution in [0, 0.1) is 0 Å². The van der Waals surface area contributed by atoms with Crippen molar-refractivity contribution < 1.29 is 0 Å². The Morgan fingerprint density at radius 3 is 2.75 bits per heavy atom. The lowest BCUT2D eigenvalue weighted by Crippen LogP contribution is -2.15. The first-order valence-corrected chi connectivity index (χ1v) is 3.04. The average Bonchev–Trinajstić information content (AvgIpc) is 1.77. The van der Waals surface area contributed by atoms with Crippen molar-refractivity contribution in [2.24, 2.45) is 10.3 Å². The van der Waals surface area contributed by atoms with E-state index in [1.165, 1.54) is 4.53 Å². The highest BCUT2D eigenvalue weighted by atomic mass is 35.5. The molecule has 0 N–H and O–H groups in total. The maximum atomic E-state index is 5.54. The molecule has 0 radical (unpaired) electrons. The molecule has 1 rings (SSSR count). The lowest BCUT2D eigenvalue weighted by Gasteiger charge is -2.13. The third-order valence-electron chi connectivity index (χ3n) is 0.826. The molecule has 0 amide bonds. The van der Waals surface area contributed by atoms with Crippen LogP contribution in [0.1, 0.15) is 6.42 Å². The minimum absolute atomic E-state index is 0.176. The van der Waals surface area contributed by atoms with Gasteiger partial charge in [-0.1, -0.05) is 16.8 Å². The summed E-state index contributed by atoms with van der Waals surface area (Å²) >= 11 is 10.9. The number of rotatable bonds is 0. The van der Waals surface area contributed by atoms with Crippen molar-refractivity contribution in [1.82, 2.24) is 4.53 Å². The number of halogens is 2. The molecule has 0 bridgehead atoms. The zero-order valence-electron chi connectivity index (χ0n) is 4.09. The Morgan fingerprint density at radius 2 is 2.38 bits per heavy atom. The first-order valence-electron chi connectivity index (χ1n) is 2.27. The molecule has 0 aliphatic carbocycles. The van der Waals surface area contributed by atoms with Gasteiger partial charge in [-0.3, -0.25) is 0 Å². The van der Waals surface area contributed by atoms with Crippen LogP contribution in [0.3, 0.4) is 0 Å². The zero-order valence-corrected chi connectivity index (χ0v) is 5.60. The number of hydrogen-bond donors (Lipinski definition) is 0. The minimum Gasteiger partial charge on any atom is -0.187 e. The Kier molecular flexibility index (Phi) is 1.91. The van der Waals surface area contributed by atoms with Crippen LogP contribution in [0.4, 0.5) is 0 Å². The predicted octanol–water partition coefficient (Wildman–Crippen LogP) is 1.78. The normalized spacial score (nSPS) is 28.8. The van der Waals surface area contributed by atoms with Crippen molar-refractivity contribution in [1.29, 1.82) is 0 Å². The van der Waals surface area contributed by atoms with Crippen LogP contribution in [0.25, 0.3) is 0 Å². The highest BCUT2D eigenvalue weighted by Gasteiger charge is 2.09. The molecule has 0 saturated carbocycles. The lowest BCUT2D eigenvalue weighted by atomic mass is 10.4. The second kappa shape index (κ2) is 2.51. The molecule has 1 unspecified atom stereocenters. The number of alkyl halides is 1. The van der Waals surface area contributed by atoms with E-state index in [0.29, 0.717) is 6.54 Å². The van der Waals surface area contributed by atoms with Gasteiger partial charge in [-0.05, 0) is 0 Å². The zero-order chi connectivity index (χ0) is 5.98. The molecule has 0 aromatic carbocycles. The largest absolute Gasteiger partial charge is 0.187 e. The second-order valence-electron chi connectivity index (χ2n) is 1.49. The van der Waals surface area contributed by atoms with Crippen LogP contribution in [-0.2, 0) is 0 Å². The summed E-state index contributed by atoms with van der Waals surface area (Å²) in [7, 11) is 0. The summed E-state index contributed by atoms with van der Waals surface area (Å²) in [6, 6.07) is 0. The van der Waals surface area contributed by atoms with Gasteiger partial charge >= 0.3 is 0 Å². The molecule has 0 saturated heterocycles. The fraction of sp³-hybridized carbons (Fsp3) is 1.00. The molecule has 0 aromatic heterocycles. The molecule has 1 aliphatic rings. The van der Waals surface area contributed by atoms with E-state index >= 15 is 0 Å². The van der Waals surface area contributed by atoms with E-state index in [-0.39, 0.29) is 5.50 Å². The second-order valence-corrected chi connectivity index (χ2v) is 2.38. The minimum atomic E-state index is -0.176. The van der Waals surface area contributed by atoms with Gasteiger partial charge in [0.25, 0.3) is 0 Å². The molecule has 5 heteroatoms. The Bertz CT molecular complexity index is 92.7. The molecule has 0 fully saturated rings. The van der Waals surface area contributed by atoms with Gasteiger partial charge in [-0.2, -0.15) is 9.64 Å². The van der Waals surface area contributed by atoms with Crippen molar-refractivity contribution in [2.45, 2.75) is 11.9 Å². The number of hydrogen-bond acceptors (Lipinski definition) is 3. The molecule has 1 aliphatic heterocycles. The standard InChI is InChI=1S/C3H5Cl2N3/c4-3-1-2-8(5)7-6-3/h3H,1-2H2. The van der Waals surface area contributed by atoms with Gasteiger partial charge in [0.1, 0.15) is 5.50 Å². The smallest absolute Gasteiger partial charge is 0.148 e. The lowest BCUT2D eigenvalue weighted by molar-refractivity contribution is 0.384. The summed E-state index contributed by atoms with van der Waals surface area (Å²) in [4.78, 5) is 0. The molecule has 3 nitrogen and oxygen atoms in total. The van der Waals surface area contributed by atoms with E-state index in [1.807, 2.05) is 0 Å². The van der Waals surface area contributed by atoms with Gasteiger partial charge < -0.3 is 0 Å². The van der Waals surface area contributed by atoms with E-state index in [1.54, 1.807) is 0 Å². The van der Waals surface area contributed by atoms with E-state index in [9.17, 15) is 0 Å². The van der Waals surface area contributed by atoms with Crippen LogP contribution in [0.5, 0.6) is 0 Å². The van der Waals surface area contributed by atoms with E-state index in [4.69, 9.17) is 23.4 Å². The molecule has 1 atom stereocenters. The van der Waals surface area contributed by atoms with Crippen LogP contribution < -0.4 is 0 Å². The quantitative estimate of drug-likeness (QED) is 0.297. The van der Waals surface area contributed by atoms with Crippen LogP contribution in [-0.4, -0.2) is 16.6 Å². The molecule has 46 valence electrons. The summed E-state index contributed by atoms with van der Waals surface area (Å²) in [6.07, 6.45) is 0.772. The summed E-state index contributed by atoms with van der Waals surface area (Å²) in [5.74, 6) is 0. The number of nitrogens with zero attached hydrogens (tertiary/aromatic N) is 3. The molecule has 8 heavy (non-hydrogen) atoms. The van der Waals surface area contributed by atoms with Crippen molar-refractivity contribution in [2.75, 3.05) is 6.54 Å². The molecular formula is C3H5Cl2N3. The first-order chi connectivity index (χ1) is 3.79. The predicted molar refractivity (Wildman–Crippen MR) is 31.7 cm³/mol. The van der Waals surface area contributed by atoms with Gasteiger partial charge in [-0.15, -0.1) is 0 Å². The van der Waals surface area contributed by atoms with Gasteiger partial charge in [0.15, 0.2) is 0 Å². The van der Waals surface area contributed by atoms with Gasteiger partial charge in [0.05, 0.1) is 6.54 Å². The SMILES string of the molecule is ClC1CCN(Cl)N=N1. The Labute approximate surface area is 57.4 Å². The fourth-order valence-corrected chi connectivity index (χ4v) is 0.701. The van der Waals surface area contributed by atoms with Crippen LogP contribution >= 0.6 is 23.4 Å². The summed E-state index contributed by atoms with van der Waals surface area (Å²) in [6.45, 7) is 0.680. The maximum absolute atomic E-state index is 5.54. The first kappa shape index (κ1) is 6.11. The summed E-state index contributed by atoms with van der Waals surface area (Å²) < 4.78 is 1.25. The molecule has 0 aromatic rings. The highest BCUT2D eigenvalue weighted by Crippen LogP contribution is 2.13. The van der Waals surface area contributed by atoms with E-state index < -0.39 is 0 Å². The summed E-state index contributed by atoms with van der Waals surface area (Å²) in [5, 5.41) is 7.10. The Hall–Kier alpha value is -0.0200. The molecule has 1 heterocycles. The Balaban J connectivity index is 2.42. The fourth-order valence-electron chi connectivity index (χ4n) is 0.428. The van der Waals surface area contributed by atoms with Crippen molar-refractivity contribution in [3.05, 3.63) is 0 Å². The van der Waals surface area contributed by atoms with Crippen molar-refractivity contribution in [3.8, 4) is 0 Å². The van der Waals surface area contributed by atoms with Crippen molar-refractivity contribution >= 4 is 23.4 Å². The van der Waals surface area contributed by atoms with Crippen molar-refractivity contribution in [3.63, 3.8) is 0 Å². The van der Waals surface area contributed by atoms with Gasteiger partial charge in [0.2, 0.25) is 0 Å². The molecular weight excluding hydrogens is 149 g/mol. The summed E-state index contributed by atoms with van der Waals surface area (Å²) in [5.41, 5.74) is -0.176. The topological polar surface area (TPSA) is 28.0 Å². The van der Waals surface area contributed by atoms with E-state index in [2.05, 4.69) is 10.3 Å². The Morgan fingerprint density at radius 1 is 1.62 bits per heavy atom. The highest BCUT2D eigenvalue weighted by molar-refractivity contribution is 6.20. The van der Waals surface area contributed by atoms with E-state index in [0.717, 1.165) is 6.42 Å². The monoisotopic (exact) mass is 153 g/mol. The third-order valence-corrected chi connectivity index (χ3v) is 1.37. The molecule has 0 spiro atoms. The van der Waals surface area contributed by atoms with Crippen LogP contribution in [0.2, 0.25) is 0 Å². The maximum Gasteiger partial charge on any atom is 0.148 e.